The minimum absolute atomic E-state index is 0.0803. The fraction of sp³-hybridized carbons (Fsp3) is 0.846. The molecular weight excluding hydrogens is 246 g/mol. The van der Waals surface area contributed by atoms with Crippen LogP contribution in [-0.4, -0.2) is 65.7 Å². The fourth-order valence-corrected chi connectivity index (χ4v) is 3.86. The van der Waals surface area contributed by atoms with E-state index >= 15 is 0 Å². The Hall–Kier alpha value is -1.30. The van der Waals surface area contributed by atoms with Gasteiger partial charge in [-0.15, -0.1) is 0 Å². The highest BCUT2D eigenvalue weighted by Gasteiger charge is 2.50. The molecule has 6 heteroatoms. The van der Waals surface area contributed by atoms with Gasteiger partial charge >= 0.3 is 12.0 Å². The minimum atomic E-state index is -0.835. The summed E-state index contributed by atoms with van der Waals surface area (Å²) in [6, 6.07) is -0.682. The summed E-state index contributed by atoms with van der Waals surface area (Å²) in [5.41, 5.74) is 0. The zero-order valence-electron chi connectivity index (χ0n) is 11.0. The number of carbonyl (C=O) groups excluding carboxylic acids is 1. The second-order valence-electron chi connectivity index (χ2n) is 5.81. The number of aliphatic carboxylic acids is 1. The van der Waals surface area contributed by atoms with Gasteiger partial charge in [0.15, 0.2) is 0 Å². The highest BCUT2D eigenvalue weighted by Crippen LogP contribution is 2.42. The summed E-state index contributed by atoms with van der Waals surface area (Å²) in [5.74, 6) is -0.268. The summed E-state index contributed by atoms with van der Waals surface area (Å²) in [5, 5.41) is 12.7. The molecule has 0 aromatic heterocycles. The van der Waals surface area contributed by atoms with E-state index in [0.29, 0.717) is 25.6 Å². The van der Waals surface area contributed by atoms with Crippen LogP contribution in [0.2, 0.25) is 0 Å². The highest BCUT2D eigenvalue weighted by molar-refractivity contribution is 5.84. The Labute approximate surface area is 112 Å². The lowest BCUT2D eigenvalue weighted by Crippen LogP contribution is -2.54. The molecule has 3 atom stereocenters. The Morgan fingerprint density at radius 1 is 1.16 bits per heavy atom. The minimum Gasteiger partial charge on any atom is -0.480 e. The van der Waals surface area contributed by atoms with Crippen LogP contribution in [0.5, 0.6) is 0 Å². The Balaban J connectivity index is 1.75. The van der Waals surface area contributed by atoms with Crippen LogP contribution in [0.1, 0.15) is 19.3 Å². The van der Waals surface area contributed by atoms with Gasteiger partial charge in [0, 0.05) is 32.7 Å². The van der Waals surface area contributed by atoms with Crippen LogP contribution >= 0.6 is 0 Å². The smallest absolute Gasteiger partial charge is 0.326 e. The molecule has 6 nitrogen and oxygen atoms in total. The number of hydrogen-bond acceptors (Lipinski definition) is 3. The van der Waals surface area contributed by atoms with Gasteiger partial charge in [-0.2, -0.15) is 0 Å². The van der Waals surface area contributed by atoms with E-state index in [1.165, 1.54) is 0 Å². The number of nitrogens with zero attached hydrogens (tertiary/aromatic N) is 2. The normalized spacial score (nSPS) is 34.4. The molecule has 2 amide bonds. The number of likely N-dealkylation sites (tertiary alicyclic amines) is 1. The van der Waals surface area contributed by atoms with E-state index in [4.69, 9.17) is 0 Å². The standard InChI is InChI=1S/C13H21N3O3/c17-12(18)11-10-3-1-2-9(10)8-16(11)13(19)15-6-4-14-5-7-15/h9-11,14H,1-8H2,(H,17,18). The molecule has 0 bridgehead atoms. The van der Waals surface area contributed by atoms with Crippen LogP contribution in [0.25, 0.3) is 0 Å². The number of nitrogens with one attached hydrogen (secondary N) is 1. The van der Waals surface area contributed by atoms with Gasteiger partial charge in [-0.3, -0.25) is 0 Å². The average Bonchev–Trinajstić information content (AvgIpc) is 2.98. The second-order valence-corrected chi connectivity index (χ2v) is 5.81. The first-order valence-corrected chi connectivity index (χ1v) is 7.17. The van der Waals surface area contributed by atoms with Crippen molar-refractivity contribution >= 4 is 12.0 Å². The summed E-state index contributed by atoms with van der Waals surface area (Å²) < 4.78 is 0. The molecule has 2 heterocycles. The van der Waals surface area contributed by atoms with Crippen molar-refractivity contribution in [2.45, 2.75) is 25.3 Å². The first-order valence-electron chi connectivity index (χ1n) is 7.17. The second kappa shape index (κ2) is 5.00. The number of carboxylic acids is 1. The van der Waals surface area contributed by atoms with Crippen molar-refractivity contribution in [2.24, 2.45) is 11.8 Å². The molecule has 0 radical (unpaired) electrons. The molecule has 0 spiro atoms. The molecule has 3 unspecified atom stereocenters. The lowest BCUT2D eigenvalue weighted by Gasteiger charge is -2.33. The lowest BCUT2D eigenvalue weighted by atomic mass is 9.94. The first-order chi connectivity index (χ1) is 9.18. The number of carbonyl (C=O) groups is 2. The molecule has 106 valence electrons. The third kappa shape index (κ3) is 2.18. The zero-order chi connectivity index (χ0) is 13.4. The molecule has 1 aliphatic carbocycles. The van der Waals surface area contributed by atoms with E-state index < -0.39 is 12.0 Å². The average molecular weight is 267 g/mol. The number of carboxylic acid groups (broad SMARTS) is 1. The quantitative estimate of drug-likeness (QED) is 0.711. The van der Waals surface area contributed by atoms with Gasteiger partial charge in [0.1, 0.15) is 6.04 Å². The Morgan fingerprint density at radius 2 is 1.89 bits per heavy atom. The Kier molecular flexibility index (Phi) is 3.35. The van der Waals surface area contributed by atoms with Gasteiger partial charge in [-0.1, -0.05) is 6.42 Å². The summed E-state index contributed by atoms with van der Waals surface area (Å²) in [4.78, 5) is 27.4. The lowest BCUT2D eigenvalue weighted by molar-refractivity contribution is -0.142. The van der Waals surface area contributed by atoms with Gasteiger partial charge in [0.2, 0.25) is 0 Å². The highest BCUT2D eigenvalue weighted by atomic mass is 16.4. The van der Waals surface area contributed by atoms with Crippen molar-refractivity contribution in [1.82, 2.24) is 15.1 Å². The predicted molar refractivity (Wildman–Crippen MR) is 68.8 cm³/mol. The fourth-order valence-electron chi connectivity index (χ4n) is 3.86. The van der Waals surface area contributed by atoms with E-state index in [9.17, 15) is 14.7 Å². The summed E-state index contributed by atoms with van der Waals surface area (Å²) in [6.07, 6.45) is 3.13. The number of hydrogen-bond donors (Lipinski definition) is 2. The SMILES string of the molecule is O=C(O)C1C2CCCC2CN1C(=O)N1CCNCC1. The van der Waals surface area contributed by atoms with Crippen molar-refractivity contribution in [2.75, 3.05) is 32.7 Å². The van der Waals surface area contributed by atoms with E-state index in [-0.39, 0.29) is 11.9 Å². The van der Waals surface area contributed by atoms with Crippen molar-refractivity contribution in [3.63, 3.8) is 0 Å². The maximum atomic E-state index is 12.5. The monoisotopic (exact) mass is 267 g/mol. The largest absolute Gasteiger partial charge is 0.480 e. The molecule has 0 aromatic carbocycles. The van der Waals surface area contributed by atoms with Crippen LogP contribution in [0.15, 0.2) is 0 Å². The van der Waals surface area contributed by atoms with Gasteiger partial charge in [0.25, 0.3) is 0 Å². The third-order valence-corrected chi connectivity index (χ3v) is 4.78. The first kappa shape index (κ1) is 12.7. The molecule has 3 rings (SSSR count). The number of amides is 2. The van der Waals surface area contributed by atoms with Gasteiger partial charge in [-0.05, 0) is 24.7 Å². The van der Waals surface area contributed by atoms with Crippen LogP contribution in [0, 0.1) is 11.8 Å². The molecule has 2 aliphatic heterocycles. The maximum absolute atomic E-state index is 12.5. The Morgan fingerprint density at radius 3 is 2.58 bits per heavy atom. The molecule has 3 aliphatic rings. The van der Waals surface area contributed by atoms with Crippen LogP contribution in [-0.2, 0) is 4.79 Å². The number of rotatable bonds is 1. The molecule has 0 aromatic rings. The van der Waals surface area contributed by atoms with Crippen molar-refractivity contribution in [3.8, 4) is 0 Å². The predicted octanol–water partition coefficient (Wildman–Crippen LogP) is 0.197. The molecule has 1 saturated carbocycles. The number of urea groups is 1. The Bertz CT molecular complexity index is 381. The van der Waals surface area contributed by atoms with E-state index in [1.807, 2.05) is 0 Å². The van der Waals surface area contributed by atoms with E-state index in [2.05, 4.69) is 5.32 Å². The van der Waals surface area contributed by atoms with E-state index in [1.54, 1.807) is 9.80 Å². The summed E-state index contributed by atoms with van der Waals surface area (Å²) in [7, 11) is 0. The summed E-state index contributed by atoms with van der Waals surface area (Å²) >= 11 is 0. The molecule has 2 N–H and O–H groups in total. The van der Waals surface area contributed by atoms with Gasteiger partial charge in [-0.25, -0.2) is 9.59 Å². The van der Waals surface area contributed by atoms with Crippen molar-refractivity contribution < 1.29 is 14.7 Å². The molecule has 2 saturated heterocycles. The van der Waals surface area contributed by atoms with Crippen molar-refractivity contribution in [3.05, 3.63) is 0 Å². The van der Waals surface area contributed by atoms with Gasteiger partial charge < -0.3 is 20.2 Å². The molecular formula is C13H21N3O3. The topological polar surface area (TPSA) is 72.9 Å². The van der Waals surface area contributed by atoms with Crippen LogP contribution < -0.4 is 5.32 Å². The van der Waals surface area contributed by atoms with Crippen LogP contribution in [0.3, 0.4) is 0 Å². The zero-order valence-corrected chi connectivity index (χ0v) is 11.0. The van der Waals surface area contributed by atoms with Crippen LogP contribution in [0.4, 0.5) is 4.79 Å². The number of fused-ring (bicyclic) bond motifs is 1. The molecule has 19 heavy (non-hydrogen) atoms. The summed E-state index contributed by atoms with van der Waals surface area (Å²) in [6.45, 7) is 3.58. The maximum Gasteiger partial charge on any atom is 0.326 e. The van der Waals surface area contributed by atoms with Crippen molar-refractivity contribution in [1.29, 1.82) is 0 Å². The number of piperazine rings is 1. The van der Waals surface area contributed by atoms with E-state index in [0.717, 1.165) is 32.4 Å². The third-order valence-electron chi connectivity index (χ3n) is 4.78. The van der Waals surface area contributed by atoms with Gasteiger partial charge in [0.05, 0.1) is 0 Å². The molecule has 3 fully saturated rings.